The third kappa shape index (κ3) is 4.94. The fraction of sp³-hybridized carbons (Fsp3) is 0. The van der Waals surface area contributed by atoms with Gasteiger partial charge in [-0.05, 0) is 39.7 Å². The average molecular weight is 652 g/mol. The van der Waals surface area contributed by atoms with Crippen LogP contribution in [-0.2, 0) is 0 Å². The summed E-state index contributed by atoms with van der Waals surface area (Å²) < 4.78 is 2.31. The van der Waals surface area contributed by atoms with Crippen molar-refractivity contribution in [2.45, 2.75) is 0 Å². The maximum Gasteiger partial charge on any atom is 0.164 e. The van der Waals surface area contributed by atoms with E-state index in [0.717, 1.165) is 55.6 Å². The van der Waals surface area contributed by atoms with E-state index in [1.54, 1.807) is 0 Å². The van der Waals surface area contributed by atoms with E-state index in [4.69, 9.17) is 19.9 Å². The summed E-state index contributed by atoms with van der Waals surface area (Å²) in [4.78, 5) is 20.5. The van der Waals surface area contributed by atoms with Gasteiger partial charge in [0.2, 0.25) is 0 Å². The Hall–Kier alpha value is -6.98. The molecule has 51 heavy (non-hydrogen) atoms. The molecule has 10 rings (SSSR count). The first-order valence-corrected chi connectivity index (χ1v) is 17.1. The van der Waals surface area contributed by atoms with Crippen LogP contribution in [0.25, 0.3) is 94.6 Å². The SMILES string of the molecule is c1ccc(-c2nc(-c3ccccc3)nc(-c3cccc(-n4c(-c5ccc6ccccc6c5)nc5c6ccccc6c6ccccc6c54)c3)n2)cc1. The second-order valence-corrected chi connectivity index (χ2v) is 12.7. The van der Waals surface area contributed by atoms with Crippen molar-refractivity contribution in [1.82, 2.24) is 24.5 Å². The van der Waals surface area contributed by atoms with Crippen molar-refractivity contribution < 1.29 is 0 Å². The van der Waals surface area contributed by atoms with Crippen LogP contribution in [0.4, 0.5) is 0 Å². The third-order valence-electron chi connectivity index (χ3n) is 9.60. The van der Waals surface area contributed by atoms with Gasteiger partial charge < -0.3 is 0 Å². The minimum absolute atomic E-state index is 0.608. The summed E-state index contributed by atoms with van der Waals surface area (Å²) in [6.45, 7) is 0. The highest BCUT2D eigenvalue weighted by molar-refractivity contribution is 6.24. The molecule has 0 saturated carbocycles. The van der Waals surface area contributed by atoms with Crippen LogP contribution in [0.15, 0.2) is 176 Å². The number of rotatable bonds is 5. The van der Waals surface area contributed by atoms with Crippen LogP contribution in [0, 0.1) is 0 Å². The Bertz CT molecular complexity index is 2860. The highest BCUT2D eigenvalue weighted by Crippen LogP contribution is 2.40. The van der Waals surface area contributed by atoms with Gasteiger partial charge in [0, 0.05) is 38.7 Å². The normalized spacial score (nSPS) is 11.5. The molecule has 0 aliphatic carbocycles. The van der Waals surface area contributed by atoms with Gasteiger partial charge in [0.25, 0.3) is 0 Å². The topological polar surface area (TPSA) is 56.5 Å². The third-order valence-corrected chi connectivity index (χ3v) is 9.60. The van der Waals surface area contributed by atoms with Gasteiger partial charge in [0.05, 0.1) is 11.0 Å². The molecule has 0 spiro atoms. The lowest BCUT2D eigenvalue weighted by Crippen LogP contribution is -2.02. The molecule has 0 unspecified atom stereocenters. The molecule has 8 aromatic carbocycles. The van der Waals surface area contributed by atoms with E-state index in [0.29, 0.717) is 17.5 Å². The van der Waals surface area contributed by atoms with Gasteiger partial charge in [0.15, 0.2) is 17.5 Å². The van der Waals surface area contributed by atoms with Crippen LogP contribution in [0.3, 0.4) is 0 Å². The van der Waals surface area contributed by atoms with Crippen LogP contribution in [0.5, 0.6) is 0 Å². The highest BCUT2D eigenvalue weighted by Gasteiger charge is 2.21. The lowest BCUT2D eigenvalue weighted by molar-refractivity contribution is 1.07. The lowest BCUT2D eigenvalue weighted by Gasteiger charge is -2.14. The molecule has 0 aliphatic heterocycles. The monoisotopic (exact) mass is 651 g/mol. The number of fused-ring (bicyclic) bond motifs is 7. The summed E-state index contributed by atoms with van der Waals surface area (Å²) in [7, 11) is 0. The fourth-order valence-corrected chi connectivity index (χ4v) is 7.20. The molecule has 0 bridgehead atoms. The van der Waals surface area contributed by atoms with E-state index in [9.17, 15) is 0 Å². The van der Waals surface area contributed by atoms with Gasteiger partial charge in [-0.2, -0.15) is 0 Å². The van der Waals surface area contributed by atoms with Crippen LogP contribution < -0.4 is 0 Å². The standard InChI is InChI=1S/C46H29N5/c1-3-15-31(16-4-1)43-48-44(32-17-5-2-6-18-32)50-45(49-43)34-20-13-21-36(29-34)51-42-40-25-12-10-23-38(40)37-22-9-11-24-39(37)41(42)47-46(51)35-27-26-30-14-7-8-19-33(30)28-35/h1-29H. The Morgan fingerprint density at radius 3 is 1.55 bits per heavy atom. The number of benzene rings is 8. The van der Waals surface area contributed by atoms with Crippen LogP contribution in [-0.4, -0.2) is 24.5 Å². The molecule has 5 heteroatoms. The summed E-state index contributed by atoms with van der Waals surface area (Å²) in [6, 6.07) is 61.0. The van der Waals surface area contributed by atoms with Crippen molar-refractivity contribution in [3.05, 3.63) is 176 Å². The first-order valence-electron chi connectivity index (χ1n) is 17.1. The summed E-state index contributed by atoms with van der Waals surface area (Å²) >= 11 is 0. The maximum atomic E-state index is 5.48. The molecule has 10 aromatic rings. The van der Waals surface area contributed by atoms with Gasteiger partial charge in [-0.1, -0.05) is 158 Å². The average Bonchev–Trinajstić information content (AvgIpc) is 3.63. The van der Waals surface area contributed by atoms with Crippen molar-refractivity contribution in [3.63, 3.8) is 0 Å². The van der Waals surface area contributed by atoms with Crippen molar-refractivity contribution >= 4 is 43.4 Å². The molecule has 0 N–H and O–H groups in total. The zero-order valence-electron chi connectivity index (χ0n) is 27.5. The quantitative estimate of drug-likeness (QED) is 0.174. The molecule has 0 amide bonds. The van der Waals surface area contributed by atoms with Gasteiger partial charge in [-0.15, -0.1) is 0 Å². The first kappa shape index (κ1) is 29.0. The Labute approximate surface area is 294 Å². The summed E-state index contributed by atoms with van der Waals surface area (Å²) in [5, 5.41) is 7.02. The number of nitrogens with zero attached hydrogens (tertiary/aromatic N) is 5. The second kappa shape index (κ2) is 11.9. The van der Waals surface area contributed by atoms with Crippen molar-refractivity contribution in [3.8, 4) is 51.2 Å². The number of hydrogen-bond donors (Lipinski definition) is 0. The molecule has 0 radical (unpaired) electrons. The summed E-state index contributed by atoms with van der Waals surface area (Å²) in [5.41, 5.74) is 6.81. The molecule has 2 aromatic heterocycles. The minimum Gasteiger partial charge on any atom is -0.292 e. The Balaban J connectivity index is 1.26. The van der Waals surface area contributed by atoms with E-state index in [2.05, 4.69) is 120 Å². The zero-order valence-corrected chi connectivity index (χ0v) is 27.5. The van der Waals surface area contributed by atoms with Crippen LogP contribution >= 0.6 is 0 Å². The number of imidazole rings is 1. The summed E-state index contributed by atoms with van der Waals surface area (Å²) in [6.07, 6.45) is 0. The molecule has 0 saturated heterocycles. The van der Waals surface area contributed by atoms with Gasteiger partial charge in [-0.3, -0.25) is 4.57 Å². The van der Waals surface area contributed by atoms with Gasteiger partial charge in [-0.25, -0.2) is 19.9 Å². The van der Waals surface area contributed by atoms with Crippen molar-refractivity contribution in [1.29, 1.82) is 0 Å². The molecule has 5 nitrogen and oxygen atoms in total. The van der Waals surface area contributed by atoms with Crippen LogP contribution in [0.2, 0.25) is 0 Å². The van der Waals surface area contributed by atoms with E-state index >= 15 is 0 Å². The Kier molecular flexibility index (Phi) is 6.74. The molecular weight excluding hydrogens is 623 g/mol. The van der Waals surface area contributed by atoms with Crippen LogP contribution in [0.1, 0.15) is 0 Å². The second-order valence-electron chi connectivity index (χ2n) is 12.7. The fourth-order valence-electron chi connectivity index (χ4n) is 7.20. The van der Waals surface area contributed by atoms with Crippen molar-refractivity contribution in [2.24, 2.45) is 0 Å². The zero-order chi connectivity index (χ0) is 33.7. The Morgan fingerprint density at radius 2 is 0.863 bits per heavy atom. The number of hydrogen-bond acceptors (Lipinski definition) is 4. The Morgan fingerprint density at radius 1 is 0.333 bits per heavy atom. The van der Waals surface area contributed by atoms with E-state index in [-0.39, 0.29) is 0 Å². The minimum atomic E-state index is 0.608. The molecule has 0 atom stereocenters. The molecular formula is C46H29N5. The van der Waals surface area contributed by atoms with Gasteiger partial charge in [0.1, 0.15) is 5.82 Å². The molecule has 2 heterocycles. The smallest absolute Gasteiger partial charge is 0.164 e. The van der Waals surface area contributed by atoms with E-state index < -0.39 is 0 Å². The largest absolute Gasteiger partial charge is 0.292 e. The number of aromatic nitrogens is 5. The van der Waals surface area contributed by atoms with E-state index in [1.165, 1.54) is 21.5 Å². The first-order chi connectivity index (χ1) is 25.3. The lowest BCUT2D eigenvalue weighted by atomic mass is 10.00. The highest BCUT2D eigenvalue weighted by atomic mass is 15.1. The summed E-state index contributed by atoms with van der Waals surface area (Å²) in [5.74, 6) is 2.75. The predicted molar refractivity (Wildman–Crippen MR) is 209 cm³/mol. The molecule has 0 fully saturated rings. The maximum absolute atomic E-state index is 5.48. The van der Waals surface area contributed by atoms with E-state index in [1.807, 2.05) is 60.7 Å². The van der Waals surface area contributed by atoms with Crippen molar-refractivity contribution in [2.75, 3.05) is 0 Å². The molecule has 0 aliphatic rings. The van der Waals surface area contributed by atoms with Gasteiger partial charge >= 0.3 is 0 Å². The predicted octanol–water partition coefficient (Wildman–Crippen LogP) is 11.3. The molecule has 238 valence electrons.